The average Bonchev–Trinajstić information content (AvgIpc) is 2.28. The first kappa shape index (κ1) is 11.9. The van der Waals surface area contributed by atoms with E-state index in [1.54, 1.807) is 0 Å². The maximum absolute atomic E-state index is 10.4. The number of aliphatic carboxylic acids is 1. The summed E-state index contributed by atoms with van der Waals surface area (Å²) in [4.78, 5) is 19.0. The molecule has 0 saturated carbocycles. The lowest BCUT2D eigenvalue weighted by molar-refractivity contribution is -0.305. The molecule has 0 atom stereocenters. The van der Waals surface area contributed by atoms with E-state index in [1.807, 2.05) is 31.2 Å². The Balaban J connectivity index is 2.29. The second kappa shape index (κ2) is 5.14. The Labute approximate surface area is 103 Å². The minimum Gasteiger partial charge on any atom is -0.550 e. The molecule has 4 nitrogen and oxygen atoms in total. The molecule has 0 radical (unpaired) electrons. The summed E-state index contributed by atoms with van der Waals surface area (Å²) < 4.78 is 0. The van der Waals surface area contributed by atoms with Crippen molar-refractivity contribution < 1.29 is 9.90 Å². The van der Waals surface area contributed by atoms with Crippen LogP contribution in [0.1, 0.15) is 12.2 Å². The molecule has 0 unspecified atom stereocenters. The van der Waals surface area contributed by atoms with E-state index in [4.69, 9.17) is 0 Å². The van der Waals surface area contributed by atoms with Gasteiger partial charge in [0.25, 0.3) is 0 Å². The average molecular weight is 247 g/mol. The fraction of sp³-hybridized carbons (Fsp3) is 0.250. The van der Waals surface area contributed by atoms with E-state index in [0.29, 0.717) is 11.6 Å². The number of benzene rings is 1. The minimum atomic E-state index is -1.03. The van der Waals surface area contributed by atoms with Crippen molar-refractivity contribution in [1.29, 1.82) is 0 Å². The quantitative estimate of drug-likeness (QED) is 0.599. The summed E-state index contributed by atoms with van der Waals surface area (Å²) in [5, 5.41) is 12.2. The lowest BCUT2D eigenvalue weighted by Crippen LogP contribution is -2.22. The number of carbonyl (C=O) groups is 1. The van der Waals surface area contributed by atoms with Gasteiger partial charge in [-0.3, -0.25) is 0 Å². The normalized spacial score (nSPS) is 10.6. The topological polar surface area (TPSA) is 65.9 Å². The Morgan fingerprint density at radius 1 is 1.35 bits per heavy atom. The van der Waals surface area contributed by atoms with Crippen molar-refractivity contribution in [2.24, 2.45) is 0 Å². The highest BCUT2D eigenvalue weighted by Crippen LogP contribution is 2.25. The van der Waals surface area contributed by atoms with Crippen LogP contribution in [0.25, 0.3) is 10.9 Å². The van der Waals surface area contributed by atoms with Crippen LogP contribution in [0.3, 0.4) is 0 Å². The number of hydrogen-bond donors (Lipinski definition) is 0. The zero-order chi connectivity index (χ0) is 12.3. The molecule has 2 rings (SSSR count). The SMILES string of the molecule is Cc1nc(SCCC(=O)[O-])c2ccccc2n1. The fourth-order valence-corrected chi connectivity index (χ4v) is 2.49. The van der Waals surface area contributed by atoms with Crippen molar-refractivity contribution in [2.75, 3.05) is 5.75 Å². The number of fused-ring (bicyclic) bond motifs is 1. The summed E-state index contributed by atoms with van der Waals surface area (Å²) in [5.74, 6) is 0.121. The molecule has 88 valence electrons. The number of rotatable bonds is 4. The van der Waals surface area contributed by atoms with Gasteiger partial charge in [0, 0.05) is 17.1 Å². The van der Waals surface area contributed by atoms with Crippen LogP contribution in [0.15, 0.2) is 29.3 Å². The van der Waals surface area contributed by atoms with Crippen LogP contribution in [-0.2, 0) is 4.79 Å². The van der Waals surface area contributed by atoms with Crippen molar-refractivity contribution in [3.8, 4) is 0 Å². The van der Waals surface area contributed by atoms with E-state index in [-0.39, 0.29) is 6.42 Å². The molecule has 2 aromatic rings. The number of aryl methyl sites for hydroxylation is 1. The van der Waals surface area contributed by atoms with E-state index in [1.165, 1.54) is 11.8 Å². The summed E-state index contributed by atoms with van der Waals surface area (Å²) in [7, 11) is 0. The molecule has 0 aliphatic heterocycles. The van der Waals surface area contributed by atoms with Crippen molar-refractivity contribution in [3.63, 3.8) is 0 Å². The van der Waals surface area contributed by atoms with Crippen LogP contribution >= 0.6 is 11.8 Å². The number of hydrogen-bond acceptors (Lipinski definition) is 5. The van der Waals surface area contributed by atoms with Gasteiger partial charge in [-0.25, -0.2) is 9.97 Å². The number of para-hydroxylation sites is 1. The van der Waals surface area contributed by atoms with Crippen molar-refractivity contribution in [3.05, 3.63) is 30.1 Å². The number of carbonyl (C=O) groups excluding carboxylic acids is 1. The van der Waals surface area contributed by atoms with Gasteiger partial charge >= 0.3 is 0 Å². The van der Waals surface area contributed by atoms with Crippen LogP contribution in [-0.4, -0.2) is 21.7 Å². The van der Waals surface area contributed by atoms with Gasteiger partial charge in [0.15, 0.2) is 0 Å². The Morgan fingerprint density at radius 3 is 2.88 bits per heavy atom. The highest BCUT2D eigenvalue weighted by Gasteiger charge is 2.05. The standard InChI is InChI=1S/C12H12N2O2S/c1-8-13-10-5-3-2-4-9(10)12(14-8)17-7-6-11(15)16/h2-5H,6-7H2,1H3,(H,15,16)/p-1. The van der Waals surface area contributed by atoms with Crippen LogP contribution in [0, 0.1) is 6.92 Å². The molecule has 0 aliphatic carbocycles. The Kier molecular flexibility index (Phi) is 3.58. The third-order valence-electron chi connectivity index (χ3n) is 2.23. The first-order chi connectivity index (χ1) is 8.16. The first-order valence-corrected chi connectivity index (χ1v) is 6.21. The second-order valence-electron chi connectivity index (χ2n) is 3.56. The minimum absolute atomic E-state index is 0.0298. The van der Waals surface area contributed by atoms with Crippen LogP contribution in [0.5, 0.6) is 0 Å². The Bertz CT molecular complexity index is 557. The highest BCUT2D eigenvalue weighted by molar-refractivity contribution is 7.99. The van der Waals surface area contributed by atoms with Gasteiger partial charge in [-0.05, 0) is 19.4 Å². The van der Waals surface area contributed by atoms with Gasteiger partial charge in [-0.2, -0.15) is 0 Å². The predicted molar refractivity (Wildman–Crippen MR) is 64.6 cm³/mol. The molecule has 0 aliphatic rings. The summed E-state index contributed by atoms with van der Waals surface area (Å²) >= 11 is 1.42. The van der Waals surface area contributed by atoms with E-state index in [9.17, 15) is 9.90 Å². The molecule has 1 aromatic heterocycles. The van der Waals surface area contributed by atoms with Gasteiger partial charge in [0.1, 0.15) is 10.9 Å². The van der Waals surface area contributed by atoms with E-state index < -0.39 is 5.97 Å². The molecule has 0 fully saturated rings. The van der Waals surface area contributed by atoms with Crippen molar-refractivity contribution in [2.45, 2.75) is 18.4 Å². The molecule has 5 heteroatoms. The van der Waals surface area contributed by atoms with Crippen molar-refractivity contribution >= 4 is 28.6 Å². The number of carboxylic acids is 1. The van der Waals surface area contributed by atoms with E-state index >= 15 is 0 Å². The fourth-order valence-electron chi connectivity index (χ4n) is 1.50. The number of nitrogens with zero attached hydrogens (tertiary/aromatic N) is 2. The molecule has 1 heterocycles. The van der Waals surface area contributed by atoms with Crippen LogP contribution in [0.2, 0.25) is 0 Å². The molecule has 17 heavy (non-hydrogen) atoms. The molecule has 0 saturated heterocycles. The predicted octanol–water partition coefficient (Wildman–Crippen LogP) is 1.17. The number of thioether (sulfide) groups is 1. The van der Waals surface area contributed by atoms with Gasteiger partial charge in [0.2, 0.25) is 0 Å². The van der Waals surface area contributed by atoms with E-state index in [2.05, 4.69) is 9.97 Å². The molecular formula is C12H11N2O2S-. The third kappa shape index (κ3) is 2.94. The van der Waals surface area contributed by atoms with Crippen LogP contribution in [0.4, 0.5) is 0 Å². The third-order valence-corrected chi connectivity index (χ3v) is 3.22. The number of aromatic nitrogens is 2. The zero-order valence-electron chi connectivity index (χ0n) is 9.34. The molecule has 0 bridgehead atoms. The maximum atomic E-state index is 10.4. The highest BCUT2D eigenvalue weighted by atomic mass is 32.2. The summed E-state index contributed by atoms with van der Waals surface area (Å²) in [6.07, 6.45) is 0.0298. The lowest BCUT2D eigenvalue weighted by atomic mass is 10.2. The van der Waals surface area contributed by atoms with Crippen molar-refractivity contribution in [1.82, 2.24) is 9.97 Å². The summed E-state index contributed by atoms with van der Waals surface area (Å²) in [6, 6.07) is 7.71. The van der Waals surface area contributed by atoms with Gasteiger partial charge in [-0.1, -0.05) is 18.2 Å². The van der Waals surface area contributed by atoms with Crippen LogP contribution < -0.4 is 5.11 Å². The molecule has 0 amide bonds. The summed E-state index contributed by atoms with van der Waals surface area (Å²) in [5.41, 5.74) is 0.885. The zero-order valence-corrected chi connectivity index (χ0v) is 10.2. The largest absolute Gasteiger partial charge is 0.550 e. The molecular weight excluding hydrogens is 236 g/mol. The first-order valence-electron chi connectivity index (χ1n) is 5.23. The summed E-state index contributed by atoms with van der Waals surface area (Å²) in [6.45, 7) is 1.83. The molecule has 1 aromatic carbocycles. The Morgan fingerprint density at radius 2 is 2.12 bits per heavy atom. The number of carboxylic acid groups (broad SMARTS) is 1. The maximum Gasteiger partial charge on any atom is 0.127 e. The Hall–Kier alpha value is -1.62. The second-order valence-corrected chi connectivity index (χ2v) is 4.65. The molecule has 0 spiro atoms. The van der Waals surface area contributed by atoms with Gasteiger partial charge in [-0.15, -0.1) is 11.8 Å². The monoisotopic (exact) mass is 247 g/mol. The van der Waals surface area contributed by atoms with E-state index in [0.717, 1.165) is 15.9 Å². The lowest BCUT2D eigenvalue weighted by Gasteiger charge is -2.06. The van der Waals surface area contributed by atoms with Gasteiger partial charge in [0.05, 0.1) is 5.52 Å². The molecule has 0 N–H and O–H groups in total. The van der Waals surface area contributed by atoms with Gasteiger partial charge < -0.3 is 9.90 Å². The smallest absolute Gasteiger partial charge is 0.127 e.